The molecule has 2 aromatic rings. The predicted octanol–water partition coefficient (Wildman–Crippen LogP) is 3.42. The molecule has 0 aliphatic heterocycles. The molecule has 106 valence electrons. The Kier molecular flexibility index (Phi) is 3.53. The molecule has 0 spiro atoms. The highest BCUT2D eigenvalue weighted by Gasteiger charge is 2.18. The van der Waals surface area contributed by atoms with Gasteiger partial charge in [-0.3, -0.25) is 0 Å². The number of rotatable bonds is 1. The molecule has 0 aliphatic carbocycles. The molecule has 1 aromatic carbocycles. The van der Waals surface area contributed by atoms with E-state index in [1.165, 1.54) is 12.1 Å². The highest BCUT2D eigenvalue weighted by atomic mass is 16.7. The lowest BCUT2D eigenvalue weighted by Gasteiger charge is -2.18. The van der Waals surface area contributed by atoms with Crippen LogP contribution in [0.5, 0.6) is 5.75 Å². The van der Waals surface area contributed by atoms with E-state index < -0.39 is 17.4 Å². The molecule has 1 aromatic heterocycles. The fourth-order valence-corrected chi connectivity index (χ4v) is 1.74. The van der Waals surface area contributed by atoms with E-state index in [1.807, 2.05) is 6.92 Å². The van der Waals surface area contributed by atoms with E-state index >= 15 is 0 Å². The lowest BCUT2D eigenvalue weighted by atomic mass is 10.1. The molecule has 0 saturated heterocycles. The summed E-state index contributed by atoms with van der Waals surface area (Å²) in [5, 5.41) is 0.793. The molecular weight excluding hydrogens is 260 g/mol. The average molecular weight is 276 g/mol. The Bertz CT molecular complexity index is 706. The molecule has 1 heterocycles. The van der Waals surface area contributed by atoms with Crippen molar-refractivity contribution in [1.82, 2.24) is 0 Å². The summed E-state index contributed by atoms with van der Waals surface area (Å²) in [6, 6.07) is 6.26. The zero-order chi connectivity index (χ0) is 14.9. The molecule has 0 bridgehead atoms. The lowest BCUT2D eigenvalue weighted by molar-refractivity contribution is 0.0206. The molecule has 20 heavy (non-hydrogen) atoms. The van der Waals surface area contributed by atoms with Crippen LogP contribution in [0.1, 0.15) is 26.3 Å². The first-order valence-electron chi connectivity index (χ1n) is 6.20. The van der Waals surface area contributed by atoms with Crippen molar-refractivity contribution in [3.63, 3.8) is 0 Å². The Hall–Kier alpha value is -2.30. The first kappa shape index (κ1) is 14.1. The molecule has 0 atom stereocenters. The third-order valence-electron chi connectivity index (χ3n) is 2.51. The van der Waals surface area contributed by atoms with Gasteiger partial charge in [0.1, 0.15) is 16.9 Å². The van der Waals surface area contributed by atoms with Gasteiger partial charge in [-0.15, -0.1) is 0 Å². The van der Waals surface area contributed by atoms with E-state index in [2.05, 4.69) is 0 Å². The molecule has 0 saturated carbocycles. The standard InChI is InChI=1S/C15H16O5/c1-9-7-13(16)19-12-8-10(5-6-11(9)12)18-14(17)20-15(2,3)4/h5-8H,1-4H3. The molecule has 0 fully saturated rings. The Balaban J connectivity index is 2.28. The van der Waals surface area contributed by atoms with Crippen molar-refractivity contribution in [2.45, 2.75) is 33.3 Å². The highest BCUT2D eigenvalue weighted by Crippen LogP contribution is 2.23. The number of aryl methyl sites for hydroxylation is 1. The molecule has 2 rings (SSSR count). The molecule has 5 nitrogen and oxygen atoms in total. The van der Waals surface area contributed by atoms with Gasteiger partial charge in [0, 0.05) is 17.5 Å². The number of carbonyl (C=O) groups is 1. The van der Waals surface area contributed by atoms with Crippen LogP contribution in [-0.2, 0) is 4.74 Å². The van der Waals surface area contributed by atoms with Crippen LogP contribution in [0.25, 0.3) is 11.0 Å². The van der Waals surface area contributed by atoms with Crippen LogP contribution in [0.15, 0.2) is 33.5 Å². The highest BCUT2D eigenvalue weighted by molar-refractivity contribution is 5.81. The monoisotopic (exact) mass is 276 g/mol. The maximum atomic E-state index is 11.6. The lowest BCUT2D eigenvalue weighted by Crippen LogP contribution is -2.25. The first-order chi connectivity index (χ1) is 9.24. The van der Waals surface area contributed by atoms with Crippen LogP contribution in [0.4, 0.5) is 4.79 Å². The van der Waals surface area contributed by atoms with Crippen molar-refractivity contribution in [3.05, 3.63) is 40.2 Å². The quantitative estimate of drug-likeness (QED) is 0.453. The van der Waals surface area contributed by atoms with E-state index in [0.717, 1.165) is 10.9 Å². The van der Waals surface area contributed by atoms with E-state index in [-0.39, 0.29) is 5.75 Å². The second kappa shape index (κ2) is 5.00. The first-order valence-corrected chi connectivity index (χ1v) is 6.20. The van der Waals surface area contributed by atoms with Crippen molar-refractivity contribution in [1.29, 1.82) is 0 Å². The van der Waals surface area contributed by atoms with Crippen molar-refractivity contribution >= 4 is 17.1 Å². The van der Waals surface area contributed by atoms with Gasteiger partial charge in [-0.05, 0) is 45.4 Å². The smallest absolute Gasteiger partial charge is 0.428 e. The minimum absolute atomic E-state index is 0.264. The Labute approximate surface area is 116 Å². The van der Waals surface area contributed by atoms with Crippen molar-refractivity contribution in [3.8, 4) is 5.75 Å². The fourth-order valence-electron chi connectivity index (χ4n) is 1.74. The van der Waals surface area contributed by atoms with Gasteiger partial charge in [0.15, 0.2) is 0 Å². The number of hydrogen-bond acceptors (Lipinski definition) is 5. The summed E-state index contributed by atoms with van der Waals surface area (Å²) in [6.45, 7) is 7.05. The minimum atomic E-state index is -0.799. The van der Waals surface area contributed by atoms with Crippen LogP contribution in [0, 0.1) is 6.92 Å². The Morgan fingerprint density at radius 3 is 2.55 bits per heavy atom. The van der Waals surface area contributed by atoms with Gasteiger partial charge in [0.25, 0.3) is 0 Å². The van der Waals surface area contributed by atoms with E-state index in [9.17, 15) is 9.59 Å². The van der Waals surface area contributed by atoms with Crippen LogP contribution < -0.4 is 10.4 Å². The summed E-state index contributed by atoms with van der Waals surface area (Å²) in [7, 11) is 0. The van der Waals surface area contributed by atoms with Gasteiger partial charge in [-0.2, -0.15) is 0 Å². The largest absolute Gasteiger partial charge is 0.514 e. The molecule has 0 unspecified atom stereocenters. The fraction of sp³-hybridized carbons (Fsp3) is 0.333. The number of carbonyl (C=O) groups excluding carboxylic acids is 1. The van der Waals surface area contributed by atoms with Crippen molar-refractivity contribution < 1.29 is 18.7 Å². The van der Waals surface area contributed by atoms with E-state index in [0.29, 0.717) is 5.58 Å². The van der Waals surface area contributed by atoms with Crippen LogP contribution in [0.2, 0.25) is 0 Å². The van der Waals surface area contributed by atoms with Gasteiger partial charge in [-0.25, -0.2) is 9.59 Å². The van der Waals surface area contributed by atoms with Crippen molar-refractivity contribution in [2.75, 3.05) is 0 Å². The minimum Gasteiger partial charge on any atom is -0.428 e. The SMILES string of the molecule is Cc1cc(=O)oc2cc(OC(=O)OC(C)(C)C)ccc12. The van der Waals surface area contributed by atoms with Gasteiger partial charge >= 0.3 is 11.8 Å². The topological polar surface area (TPSA) is 65.7 Å². The molecule has 0 N–H and O–H groups in total. The van der Waals surface area contributed by atoms with E-state index in [4.69, 9.17) is 13.9 Å². The second-order valence-electron chi connectivity index (χ2n) is 5.47. The molecule has 5 heteroatoms. The van der Waals surface area contributed by atoms with Crippen LogP contribution >= 0.6 is 0 Å². The number of benzene rings is 1. The Morgan fingerprint density at radius 2 is 1.90 bits per heavy atom. The van der Waals surface area contributed by atoms with Crippen LogP contribution in [0.3, 0.4) is 0 Å². The van der Waals surface area contributed by atoms with Gasteiger partial charge in [-0.1, -0.05) is 0 Å². The number of fused-ring (bicyclic) bond motifs is 1. The summed E-state index contributed by atoms with van der Waals surface area (Å²) < 4.78 is 15.2. The second-order valence-corrected chi connectivity index (χ2v) is 5.47. The Morgan fingerprint density at radius 1 is 1.20 bits per heavy atom. The molecule has 0 aliphatic rings. The summed E-state index contributed by atoms with van der Waals surface area (Å²) in [5.41, 5.74) is 0.109. The van der Waals surface area contributed by atoms with Crippen LogP contribution in [-0.4, -0.2) is 11.8 Å². The average Bonchev–Trinajstić information content (AvgIpc) is 2.24. The number of hydrogen-bond donors (Lipinski definition) is 0. The summed E-state index contributed by atoms with van der Waals surface area (Å²) in [6.07, 6.45) is -0.799. The summed E-state index contributed by atoms with van der Waals surface area (Å²) >= 11 is 0. The molecule has 0 radical (unpaired) electrons. The van der Waals surface area contributed by atoms with Crippen molar-refractivity contribution in [2.24, 2.45) is 0 Å². The molecular formula is C15H16O5. The maximum absolute atomic E-state index is 11.6. The summed E-state index contributed by atoms with van der Waals surface area (Å²) in [4.78, 5) is 22.9. The molecule has 0 amide bonds. The van der Waals surface area contributed by atoms with Gasteiger partial charge in [0.2, 0.25) is 0 Å². The zero-order valence-corrected chi connectivity index (χ0v) is 11.9. The van der Waals surface area contributed by atoms with E-state index in [1.54, 1.807) is 32.9 Å². The van der Waals surface area contributed by atoms with Gasteiger partial charge in [0.05, 0.1) is 0 Å². The maximum Gasteiger partial charge on any atom is 0.514 e. The zero-order valence-electron chi connectivity index (χ0n) is 11.9. The predicted molar refractivity (Wildman–Crippen MR) is 74.1 cm³/mol. The third kappa shape index (κ3) is 3.38. The number of ether oxygens (including phenoxy) is 2. The van der Waals surface area contributed by atoms with Gasteiger partial charge < -0.3 is 13.9 Å². The normalized spacial score (nSPS) is 11.4. The third-order valence-corrected chi connectivity index (χ3v) is 2.51. The summed E-state index contributed by atoms with van der Waals surface area (Å²) in [5.74, 6) is 0.264.